The summed E-state index contributed by atoms with van der Waals surface area (Å²) in [5, 5.41) is 9.33. The monoisotopic (exact) mass is 308 g/mol. The SMILES string of the molecule is CC(C)(C)OC(=O)N1CC(c2ccc[nH]c2=O)C[C@@H]1C(=O)O. The van der Waals surface area contributed by atoms with Crippen molar-refractivity contribution in [2.45, 2.75) is 44.8 Å². The molecule has 2 atom stereocenters. The van der Waals surface area contributed by atoms with E-state index in [2.05, 4.69) is 4.98 Å². The van der Waals surface area contributed by atoms with Gasteiger partial charge in [0.05, 0.1) is 0 Å². The van der Waals surface area contributed by atoms with E-state index in [1.807, 2.05) is 0 Å². The van der Waals surface area contributed by atoms with E-state index in [0.717, 1.165) is 0 Å². The van der Waals surface area contributed by atoms with E-state index in [1.54, 1.807) is 32.9 Å². The molecule has 1 aromatic rings. The fourth-order valence-electron chi connectivity index (χ4n) is 2.57. The van der Waals surface area contributed by atoms with Crippen LogP contribution in [0.4, 0.5) is 4.79 Å². The molecule has 0 bridgehead atoms. The highest BCUT2D eigenvalue weighted by Gasteiger charge is 2.42. The number of carbonyl (C=O) groups is 2. The van der Waals surface area contributed by atoms with Crippen molar-refractivity contribution >= 4 is 12.1 Å². The number of H-pyrrole nitrogens is 1. The molecule has 0 aromatic carbocycles. The van der Waals surface area contributed by atoms with Crippen molar-refractivity contribution in [3.8, 4) is 0 Å². The van der Waals surface area contributed by atoms with Crippen molar-refractivity contribution in [1.82, 2.24) is 9.88 Å². The Labute approximate surface area is 127 Å². The van der Waals surface area contributed by atoms with Gasteiger partial charge >= 0.3 is 12.1 Å². The van der Waals surface area contributed by atoms with Crippen LogP contribution in [-0.4, -0.2) is 45.2 Å². The molecule has 7 heteroatoms. The zero-order valence-electron chi connectivity index (χ0n) is 12.8. The minimum Gasteiger partial charge on any atom is -0.480 e. The van der Waals surface area contributed by atoms with Gasteiger partial charge in [0.1, 0.15) is 11.6 Å². The smallest absolute Gasteiger partial charge is 0.411 e. The van der Waals surface area contributed by atoms with Gasteiger partial charge in [0.25, 0.3) is 5.56 Å². The summed E-state index contributed by atoms with van der Waals surface area (Å²) in [5.74, 6) is -1.42. The Balaban J connectivity index is 2.24. The van der Waals surface area contributed by atoms with Crippen LogP contribution in [0, 0.1) is 0 Å². The lowest BCUT2D eigenvalue weighted by Crippen LogP contribution is -2.43. The van der Waals surface area contributed by atoms with Gasteiger partial charge in [-0.3, -0.25) is 9.69 Å². The van der Waals surface area contributed by atoms with E-state index in [4.69, 9.17) is 4.74 Å². The van der Waals surface area contributed by atoms with Gasteiger partial charge in [-0.1, -0.05) is 6.07 Å². The standard InChI is InChI=1S/C15H20N2O5/c1-15(2,3)22-14(21)17-8-9(7-11(17)13(19)20)10-5-4-6-16-12(10)18/h4-6,9,11H,7-8H2,1-3H3,(H,16,18)(H,19,20)/t9?,11-/m1/s1. The number of nitrogens with one attached hydrogen (secondary N) is 1. The van der Waals surface area contributed by atoms with Gasteiger partial charge in [-0.25, -0.2) is 9.59 Å². The highest BCUT2D eigenvalue weighted by molar-refractivity contribution is 5.81. The molecule has 2 heterocycles. The number of aliphatic carboxylic acids is 1. The van der Waals surface area contributed by atoms with Gasteiger partial charge in [0, 0.05) is 24.2 Å². The summed E-state index contributed by atoms with van der Waals surface area (Å²) in [6.07, 6.45) is 1.04. The number of carboxylic acids is 1. The third-order valence-corrected chi connectivity index (χ3v) is 3.50. The number of rotatable bonds is 2. The molecule has 1 amide bonds. The van der Waals surface area contributed by atoms with Gasteiger partial charge in [-0.2, -0.15) is 0 Å². The molecule has 7 nitrogen and oxygen atoms in total. The number of aromatic nitrogens is 1. The summed E-state index contributed by atoms with van der Waals surface area (Å²) in [4.78, 5) is 39.2. The van der Waals surface area contributed by atoms with Crippen LogP contribution < -0.4 is 5.56 Å². The molecular weight excluding hydrogens is 288 g/mol. The number of amides is 1. The second kappa shape index (κ2) is 5.82. The van der Waals surface area contributed by atoms with Crippen LogP contribution in [0.3, 0.4) is 0 Å². The zero-order valence-corrected chi connectivity index (χ0v) is 12.8. The molecule has 1 aromatic heterocycles. The maximum absolute atomic E-state index is 12.2. The fourth-order valence-corrected chi connectivity index (χ4v) is 2.57. The topological polar surface area (TPSA) is 99.7 Å². The normalized spacial score (nSPS) is 21.7. The summed E-state index contributed by atoms with van der Waals surface area (Å²) in [6, 6.07) is 2.35. The average molecular weight is 308 g/mol. The number of likely N-dealkylation sites (tertiary alicyclic amines) is 1. The summed E-state index contributed by atoms with van der Waals surface area (Å²) in [6.45, 7) is 5.31. The first kappa shape index (κ1) is 16.1. The molecule has 1 unspecified atom stereocenters. The Kier molecular flexibility index (Phi) is 4.25. The van der Waals surface area contributed by atoms with Gasteiger partial charge in [0.15, 0.2) is 0 Å². The number of aromatic amines is 1. The van der Waals surface area contributed by atoms with Crippen LogP contribution in [0.2, 0.25) is 0 Å². The highest BCUT2D eigenvalue weighted by atomic mass is 16.6. The average Bonchev–Trinajstić information content (AvgIpc) is 2.82. The predicted molar refractivity (Wildman–Crippen MR) is 78.8 cm³/mol. The first-order valence-corrected chi connectivity index (χ1v) is 7.09. The van der Waals surface area contributed by atoms with Crippen LogP contribution in [-0.2, 0) is 9.53 Å². The Bertz CT molecular complexity index is 631. The minimum absolute atomic E-state index is 0.152. The van der Waals surface area contributed by atoms with Crippen LogP contribution in [0.15, 0.2) is 23.1 Å². The first-order chi connectivity index (χ1) is 10.2. The van der Waals surface area contributed by atoms with Crippen LogP contribution in [0.1, 0.15) is 38.7 Å². The lowest BCUT2D eigenvalue weighted by atomic mass is 9.98. The van der Waals surface area contributed by atoms with E-state index >= 15 is 0 Å². The maximum Gasteiger partial charge on any atom is 0.411 e. The molecule has 0 aliphatic carbocycles. The molecule has 1 aliphatic heterocycles. The molecular formula is C15H20N2O5. The van der Waals surface area contributed by atoms with E-state index in [0.29, 0.717) is 5.56 Å². The lowest BCUT2D eigenvalue weighted by Gasteiger charge is -2.26. The molecule has 1 saturated heterocycles. The van der Waals surface area contributed by atoms with Crippen molar-refractivity contribution in [2.24, 2.45) is 0 Å². The van der Waals surface area contributed by atoms with E-state index < -0.39 is 23.7 Å². The summed E-state index contributed by atoms with van der Waals surface area (Å²) < 4.78 is 5.25. The van der Waals surface area contributed by atoms with Gasteiger partial charge in [-0.15, -0.1) is 0 Å². The van der Waals surface area contributed by atoms with Crippen molar-refractivity contribution in [1.29, 1.82) is 0 Å². The molecule has 1 aliphatic rings. The zero-order chi connectivity index (χ0) is 16.5. The lowest BCUT2D eigenvalue weighted by molar-refractivity contribution is -0.142. The molecule has 1 fully saturated rings. The maximum atomic E-state index is 12.2. The number of hydrogen-bond acceptors (Lipinski definition) is 4. The third kappa shape index (κ3) is 3.47. The minimum atomic E-state index is -1.10. The van der Waals surface area contributed by atoms with Gasteiger partial charge in [0.2, 0.25) is 0 Å². The van der Waals surface area contributed by atoms with E-state index in [-0.39, 0.29) is 24.4 Å². The number of pyridine rings is 1. The first-order valence-electron chi connectivity index (χ1n) is 7.09. The Morgan fingerprint density at radius 3 is 2.64 bits per heavy atom. The Morgan fingerprint density at radius 2 is 2.09 bits per heavy atom. The number of carbonyl (C=O) groups excluding carboxylic acids is 1. The van der Waals surface area contributed by atoms with Crippen LogP contribution in [0.25, 0.3) is 0 Å². The third-order valence-electron chi connectivity index (χ3n) is 3.50. The predicted octanol–water partition coefficient (Wildman–Crippen LogP) is 1.55. The molecule has 0 spiro atoms. The summed E-state index contributed by atoms with van der Waals surface area (Å²) in [7, 11) is 0. The fraction of sp³-hybridized carbons (Fsp3) is 0.533. The molecule has 2 N–H and O–H groups in total. The second-order valence-corrected chi connectivity index (χ2v) is 6.37. The van der Waals surface area contributed by atoms with Crippen molar-refractivity contribution < 1.29 is 19.4 Å². The Hall–Kier alpha value is -2.31. The van der Waals surface area contributed by atoms with Gasteiger partial charge in [-0.05, 0) is 33.3 Å². The molecule has 120 valence electrons. The van der Waals surface area contributed by atoms with Crippen LogP contribution in [0.5, 0.6) is 0 Å². The number of hydrogen-bond donors (Lipinski definition) is 2. The summed E-state index contributed by atoms with van der Waals surface area (Å²) >= 11 is 0. The molecule has 2 rings (SSSR count). The molecule has 22 heavy (non-hydrogen) atoms. The largest absolute Gasteiger partial charge is 0.480 e. The molecule has 0 radical (unpaired) electrons. The number of carboxylic acid groups (broad SMARTS) is 1. The van der Waals surface area contributed by atoms with Crippen molar-refractivity contribution in [3.63, 3.8) is 0 Å². The highest BCUT2D eigenvalue weighted by Crippen LogP contribution is 2.31. The van der Waals surface area contributed by atoms with E-state index in [1.165, 1.54) is 11.1 Å². The van der Waals surface area contributed by atoms with Crippen LogP contribution >= 0.6 is 0 Å². The second-order valence-electron chi connectivity index (χ2n) is 6.37. The summed E-state index contributed by atoms with van der Waals surface area (Å²) in [5.41, 5.74) is -0.481. The number of nitrogens with zero attached hydrogens (tertiary/aromatic N) is 1. The quantitative estimate of drug-likeness (QED) is 0.863. The van der Waals surface area contributed by atoms with Crippen molar-refractivity contribution in [3.05, 3.63) is 34.2 Å². The van der Waals surface area contributed by atoms with Gasteiger partial charge < -0.3 is 14.8 Å². The van der Waals surface area contributed by atoms with Crippen molar-refractivity contribution in [2.75, 3.05) is 6.54 Å². The van der Waals surface area contributed by atoms with E-state index in [9.17, 15) is 19.5 Å². The Morgan fingerprint density at radius 1 is 1.41 bits per heavy atom. The molecule has 0 saturated carbocycles. The number of ether oxygens (including phenoxy) is 1.